The number of nitrogens with zero attached hydrogens (tertiary/aromatic N) is 2. The predicted octanol–water partition coefficient (Wildman–Crippen LogP) is 1.38. The summed E-state index contributed by atoms with van der Waals surface area (Å²) < 4.78 is 0. The van der Waals surface area contributed by atoms with Crippen LogP contribution >= 0.6 is 0 Å². The van der Waals surface area contributed by atoms with Crippen LogP contribution in [0.4, 0.5) is 4.79 Å². The van der Waals surface area contributed by atoms with E-state index in [2.05, 4.69) is 10.2 Å². The first-order chi connectivity index (χ1) is 10.1. The maximum Gasteiger partial charge on any atom is 0.317 e. The molecule has 2 amide bonds. The number of urea groups is 1. The van der Waals surface area contributed by atoms with Crippen molar-refractivity contribution in [3.05, 3.63) is 35.4 Å². The van der Waals surface area contributed by atoms with Gasteiger partial charge in [-0.3, -0.25) is 4.90 Å². The molecular formula is C16H25N3O2. The number of hydrogen-bond donors (Lipinski definition) is 2. The number of piperazine rings is 1. The number of carbonyl (C=O) groups is 1. The van der Waals surface area contributed by atoms with Crippen molar-refractivity contribution in [2.45, 2.75) is 20.0 Å². The molecule has 21 heavy (non-hydrogen) atoms. The lowest BCUT2D eigenvalue weighted by Crippen LogP contribution is -2.52. The number of amides is 2. The maximum atomic E-state index is 11.7. The van der Waals surface area contributed by atoms with Crippen molar-refractivity contribution in [1.82, 2.24) is 15.1 Å². The number of rotatable bonds is 4. The smallest absolute Gasteiger partial charge is 0.317 e. The second-order valence-corrected chi connectivity index (χ2v) is 5.55. The van der Waals surface area contributed by atoms with E-state index in [-0.39, 0.29) is 6.03 Å². The van der Waals surface area contributed by atoms with Gasteiger partial charge in [0, 0.05) is 39.3 Å². The van der Waals surface area contributed by atoms with Crippen molar-refractivity contribution in [2.75, 3.05) is 39.3 Å². The first kappa shape index (κ1) is 15.8. The molecule has 1 heterocycles. The van der Waals surface area contributed by atoms with Gasteiger partial charge < -0.3 is 15.3 Å². The van der Waals surface area contributed by atoms with Gasteiger partial charge in [0.1, 0.15) is 0 Å². The zero-order valence-electron chi connectivity index (χ0n) is 12.9. The van der Waals surface area contributed by atoms with Crippen molar-refractivity contribution < 1.29 is 9.90 Å². The lowest BCUT2D eigenvalue weighted by Gasteiger charge is -2.35. The van der Waals surface area contributed by atoms with E-state index >= 15 is 0 Å². The monoisotopic (exact) mass is 291 g/mol. The van der Waals surface area contributed by atoms with Crippen LogP contribution in [0.15, 0.2) is 24.3 Å². The van der Waals surface area contributed by atoms with E-state index in [0.29, 0.717) is 26.2 Å². The van der Waals surface area contributed by atoms with E-state index in [1.54, 1.807) is 0 Å². The van der Waals surface area contributed by atoms with Gasteiger partial charge in [0.05, 0.1) is 6.10 Å². The molecule has 1 aliphatic heterocycles. The summed E-state index contributed by atoms with van der Waals surface area (Å²) in [7, 11) is 0. The fourth-order valence-corrected chi connectivity index (χ4v) is 2.54. The molecule has 5 heteroatoms. The molecule has 2 N–H and O–H groups in total. The Bertz CT molecular complexity index is 453. The lowest BCUT2D eigenvalue weighted by atomic mass is 10.1. The first-order valence-corrected chi connectivity index (χ1v) is 7.60. The van der Waals surface area contributed by atoms with Gasteiger partial charge in [-0.05, 0) is 19.4 Å². The molecule has 1 aliphatic rings. The number of aliphatic hydroxyl groups excluding tert-OH is 1. The topological polar surface area (TPSA) is 55.8 Å². The average Bonchev–Trinajstić information content (AvgIpc) is 2.49. The highest BCUT2D eigenvalue weighted by Crippen LogP contribution is 2.16. The standard InChI is InChI=1S/C16H25N3O2/c1-3-17-16(21)19-10-8-18(9-11-19)12-15(20)14-6-4-13(2)5-7-14/h4-7,15,20H,3,8-12H2,1-2H3,(H,17,21). The SMILES string of the molecule is CCNC(=O)N1CCN(CC(O)c2ccc(C)cc2)CC1. The number of aryl methyl sites for hydroxylation is 1. The molecular weight excluding hydrogens is 266 g/mol. The largest absolute Gasteiger partial charge is 0.387 e. The molecule has 0 bridgehead atoms. The van der Waals surface area contributed by atoms with Gasteiger partial charge in [-0.25, -0.2) is 4.79 Å². The van der Waals surface area contributed by atoms with E-state index in [0.717, 1.165) is 18.7 Å². The van der Waals surface area contributed by atoms with E-state index < -0.39 is 6.10 Å². The highest BCUT2D eigenvalue weighted by molar-refractivity contribution is 5.74. The highest BCUT2D eigenvalue weighted by Gasteiger charge is 2.22. The summed E-state index contributed by atoms with van der Waals surface area (Å²) in [6.45, 7) is 8.28. The molecule has 1 atom stereocenters. The van der Waals surface area contributed by atoms with Crippen LogP contribution in [-0.4, -0.2) is 60.2 Å². The van der Waals surface area contributed by atoms with Crippen molar-refractivity contribution in [3.63, 3.8) is 0 Å². The van der Waals surface area contributed by atoms with Crippen molar-refractivity contribution in [2.24, 2.45) is 0 Å². The van der Waals surface area contributed by atoms with Crippen LogP contribution in [0.2, 0.25) is 0 Å². The number of benzene rings is 1. The van der Waals surface area contributed by atoms with Crippen LogP contribution in [0.25, 0.3) is 0 Å². The Balaban J connectivity index is 1.80. The molecule has 1 saturated heterocycles. The van der Waals surface area contributed by atoms with E-state index in [1.807, 2.05) is 43.0 Å². The van der Waals surface area contributed by atoms with Gasteiger partial charge >= 0.3 is 6.03 Å². The van der Waals surface area contributed by atoms with Crippen LogP contribution in [-0.2, 0) is 0 Å². The number of carbonyl (C=O) groups excluding carboxylic acids is 1. The Morgan fingerprint density at radius 1 is 1.24 bits per heavy atom. The first-order valence-electron chi connectivity index (χ1n) is 7.60. The summed E-state index contributed by atoms with van der Waals surface area (Å²) in [5, 5.41) is 13.1. The van der Waals surface area contributed by atoms with Crippen LogP contribution in [0.1, 0.15) is 24.2 Å². The lowest BCUT2D eigenvalue weighted by molar-refractivity contribution is 0.0810. The third kappa shape index (κ3) is 4.44. The Hall–Kier alpha value is -1.59. The van der Waals surface area contributed by atoms with Crippen LogP contribution in [0.3, 0.4) is 0 Å². The van der Waals surface area contributed by atoms with Crippen LogP contribution in [0, 0.1) is 6.92 Å². The van der Waals surface area contributed by atoms with E-state index in [4.69, 9.17) is 0 Å². The van der Waals surface area contributed by atoms with Crippen molar-refractivity contribution >= 4 is 6.03 Å². The summed E-state index contributed by atoms with van der Waals surface area (Å²) in [6, 6.07) is 8.00. The fourth-order valence-electron chi connectivity index (χ4n) is 2.54. The zero-order chi connectivity index (χ0) is 15.2. The van der Waals surface area contributed by atoms with Gasteiger partial charge in [0.25, 0.3) is 0 Å². The van der Waals surface area contributed by atoms with E-state index in [9.17, 15) is 9.90 Å². The summed E-state index contributed by atoms with van der Waals surface area (Å²) in [4.78, 5) is 15.8. The molecule has 1 aromatic carbocycles. The number of aliphatic hydroxyl groups is 1. The molecule has 1 fully saturated rings. The molecule has 116 valence electrons. The molecule has 0 radical (unpaired) electrons. The number of nitrogens with one attached hydrogen (secondary N) is 1. The molecule has 5 nitrogen and oxygen atoms in total. The van der Waals surface area contributed by atoms with Gasteiger partial charge in [-0.1, -0.05) is 29.8 Å². The second kappa shape index (κ2) is 7.43. The van der Waals surface area contributed by atoms with Gasteiger partial charge in [0.15, 0.2) is 0 Å². The minimum Gasteiger partial charge on any atom is -0.387 e. The third-order valence-corrected chi connectivity index (χ3v) is 3.88. The molecule has 2 rings (SSSR count). The Kier molecular flexibility index (Phi) is 5.59. The Labute approximate surface area is 126 Å². The van der Waals surface area contributed by atoms with Crippen molar-refractivity contribution in [1.29, 1.82) is 0 Å². The predicted molar refractivity (Wildman–Crippen MR) is 83.2 cm³/mol. The summed E-state index contributed by atoms with van der Waals surface area (Å²) in [5.74, 6) is 0. The minimum atomic E-state index is -0.471. The zero-order valence-corrected chi connectivity index (χ0v) is 12.9. The molecule has 0 aliphatic carbocycles. The molecule has 1 unspecified atom stereocenters. The highest BCUT2D eigenvalue weighted by atomic mass is 16.3. The third-order valence-electron chi connectivity index (χ3n) is 3.88. The number of hydrogen-bond acceptors (Lipinski definition) is 3. The maximum absolute atomic E-state index is 11.7. The fraction of sp³-hybridized carbons (Fsp3) is 0.562. The van der Waals surface area contributed by atoms with Gasteiger partial charge in [-0.15, -0.1) is 0 Å². The molecule has 1 aromatic rings. The summed E-state index contributed by atoms with van der Waals surface area (Å²) in [6.07, 6.45) is -0.471. The average molecular weight is 291 g/mol. The summed E-state index contributed by atoms with van der Waals surface area (Å²) in [5.41, 5.74) is 2.15. The quantitative estimate of drug-likeness (QED) is 0.881. The van der Waals surface area contributed by atoms with Gasteiger partial charge in [0.2, 0.25) is 0 Å². The van der Waals surface area contributed by atoms with Gasteiger partial charge in [-0.2, -0.15) is 0 Å². The Morgan fingerprint density at radius 3 is 2.43 bits per heavy atom. The molecule has 0 spiro atoms. The molecule has 0 aromatic heterocycles. The summed E-state index contributed by atoms with van der Waals surface area (Å²) >= 11 is 0. The van der Waals surface area contributed by atoms with Crippen LogP contribution < -0.4 is 5.32 Å². The van der Waals surface area contributed by atoms with Crippen molar-refractivity contribution in [3.8, 4) is 0 Å². The Morgan fingerprint density at radius 2 is 1.86 bits per heavy atom. The second-order valence-electron chi connectivity index (χ2n) is 5.55. The molecule has 0 saturated carbocycles. The van der Waals surface area contributed by atoms with E-state index in [1.165, 1.54) is 5.56 Å². The number of β-amino-alcohol motifs (C(OH)–C–C–N with tert-alkyl or cyclic N) is 1. The van der Waals surface area contributed by atoms with Crippen LogP contribution in [0.5, 0.6) is 0 Å². The minimum absolute atomic E-state index is 0.0104. The normalized spacial score (nSPS) is 17.6.